The van der Waals surface area contributed by atoms with E-state index >= 15 is 0 Å². The zero-order valence-electron chi connectivity index (χ0n) is 15.9. The number of hydrogen-bond acceptors (Lipinski definition) is 6. The summed E-state index contributed by atoms with van der Waals surface area (Å²) in [5, 5.41) is 6.70. The van der Waals surface area contributed by atoms with E-state index in [9.17, 15) is 4.79 Å². The minimum absolute atomic E-state index is 0.182. The minimum atomic E-state index is -0.182. The molecule has 5 nitrogen and oxygen atoms in total. The molecule has 1 saturated carbocycles. The molecule has 0 aliphatic heterocycles. The Morgan fingerprint density at radius 3 is 2.79 bits per heavy atom. The molecule has 0 spiro atoms. The number of carbonyl (C=O) groups excluding carboxylic acids is 1. The highest BCUT2D eigenvalue weighted by atomic mass is 32.2. The molecule has 0 saturated heterocycles. The molecule has 144 valence electrons. The van der Waals surface area contributed by atoms with Crippen LogP contribution < -0.4 is 5.32 Å². The molecule has 0 atom stereocenters. The van der Waals surface area contributed by atoms with Gasteiger partial charge in [0.1, 0.15) is 5.82 Å². The number of carbonyl (C=O) groups is 1. The molecule has 2 aromatic carbocycles. The van der Waals surface area contributed by atoms with Crippen LogP contribution in [0.1, 0.15) is 37.2 Å². The summed E-state index contributed by atoms with van der Waals surface area (Å²) >= 11 is 1.55. The topological polar surface area (TPSA) is 64.1 Å². The van der Waals surface area contributed by atoms with E-state index in [1.54, 1.807) is 18.0 Å². The van der Waals surface area contributed by atoms with Gasteiger partial charge in [0.2, 0.25) is 0 Å². The zero-order chi connectivity index (χ0) is 19.3. The van der Waals surface area contributed by atoms with Gasteiger partial charge >= 0.3 is 5.97 Å². The molecule has 0 unspecified atom stereocenters. The third kappa shape index (κ3) is 4.44. The van der Waals surface area contributed by atoms with Crippen LogP contribution in [0.3, 0.4) is 0 Å². The van der Waals surface area contributed by atoms with Crippen LogP contribution in [0.5, 0.6) is 0 Å². The van der Waals surface area contributed by atoms with Gasteiger partial charge in [-0.05, 0) is 48.3 Å². The molecule has 1 heterocycles. The van der Waals surface area contributed by atoms with E-state index in [1.165, 1.54) is 36.3 Å². The number of methoxy groups -OCH3 is 1. The van der Waals surface area contributed by atoms with Crippen molar-refractivity contribution in [1.29, 1.82) is 0 Å². The van der Waals surface area contributed by atoms with Crippen molar-refractivity contribution in [2.75, 3.05) is 18.2 Å². The molecule has 0 amide bonds. The van der Waals surface area contributed by atoms with Gasteiger partial charge in [0, 0.05) is 29.4 Å². The lowest BCUT2D eigenvalue weighted by atomic mass is 9.99. The second-order valence-electron chi connectivity index (χ2n) is 6.90. The number of hydrogen-bond donors (Lipinski definition) is 1. The van der Waals surface area contributed by atoms with Crippen molar-refractivity contribution in [3.8, 4) is 0 Å². The molecule has 1 aromatic heterocycles. The molecule has 3 aromatic rings. The Morgan fingerprint density at radius 2 is 2.00 bits per heavy atom. The number of anilines is 2. The third-order valence-corrected chi connectivity index (χ3v) is 5.80. The number of aromatic nitrogens is 2. The Morgan fingerprint density at radius 1 is 1.18 bits per heavy atom. The first-order valence-electron chi connectivity index (χ1n) is 9.56. The third-order valence-electron chi connectivity index (χ3n) is 4.86. The predicted molar refractivity (Wildman–Crippen MR) is 113 cm³/mol. The van der Waals surface area contributed by atoms with Gasteiger partial charge in [-0.25, -0.2) is 9.97 Å². The average molecular weight is 394 g/mol. The van der Waals surface area contributed by atoms with E-state index in [0.29, 0.717) is 17.5 Å². The molecule has 6 heteroatoms. The highest BCUT2D eigenvalue weighted by molar-refractivity contribution is 7.99. The lowest BCUT2D eigenvalue weighted by molar-refractivity contribution is -0.140. The van der Waals surface area contributed by atoms with Crippen molar-refractivity contribution in [3.05, 3.63) is 54.2 Å². The van der Waals surface area contributed by atoms with Crippen LogP contribution in [0.2, 0.25) is 0 Å². The molecular weight excluding hydrogens is 370 g/mol. The van der Waals surface area contributed by atoms with Gasteiger partial charge in [-0.1, -0.05) is 42.1 Å². The summed E-state index contributed by atoms with van der Waals surface area (Å²) in [6.07, 6.45) is 5.50. The van der Waals surface area contributed by atoms with E-state index in [0.717, 1.165) is 23.7 Å². The predicted octanol–water partition coefficient (Wildman–Crippen LogP) is 5.30. The molecule has 1 aliphatic rings. The fraction of sp³-hybridized carbons (Fsp3) is 0.318. The van der Waals surface area contributed by atoms with Crippen molar-refractivity contribution in [3.63, 3.8) is 0 Å². The molecule has 1 aliphatic carbocycles. The second kappa shape index (κ2) is 8.61. The van der Waals surface area contributed by atoms with E-state index in [1.807, 2.05) is 6.07 Å². The Kier molecular flexibility index (Phi) is 5.76. The molecule has 0 bridgehead atoms. The van der Waals surface area contributed by atoms with Gasteiger partial charge in [-0.3, -0.25) is 4.79 Å². The number of fused-ring (bicyclic) bond motifs is 1. The Bertz CT molecular complexity index is 988. The standard InChI is InChI=1S/C22H23N3O2S/c1-27-21(26)7-4-14-28-22-23-13-12-20(25-22)24-19-11-10-16(15-8-9-15)17-5-2-3-6-18(17)19/h2-3,5-6,10-13,15H,4,7-9,14H2,1H3,(H,23,24,25). The number of nitrogens with one attached hydrogen (secondary N) is 1. The normalized spacial score (nSPS) is 13.5. The van der Waals surface area contributed by atoms with Crippen LogP contribution in [-0.2, 0) is 9.53 Å². The number of nitrogens with zero attached hydrogens (tertiary/aromatic N) is 2. The molecule has 4 rings (SSSR count). The van der Waals surface area contributed by atoms with Crippen molar-refractivity contribution in [2.45, 2.75) is 36.8 Å². The maximum Gasteiger partial charge on any atom is 0.305 e. The lowest BCUT2D eigenvalue weighted by Crippen LogP contribution is -2.01. The molecule has 28 heavy (non-hydrogen) atoms. The number of benzene rings is 2. The van der Waals surface area contributed by atoms with Crippen molar-refractivity contribution >= 4 is 40.0 Å². The first kappa shape index (κ1) is 18.7. The fourth-order valence-corrected chi connectivity index (χ4v) is 4.05. The molecular formula is C22H23N3O2S. The SMILES string of the molecule is COC(=O)CCCSc1nccc(Nc2ccc(C3CC3)c3ccccc23)n1. The van der Waals surface area contributed by atoms with Crippen LogP contribution in [0, 0.1) is 0 Å². The van der Waals surface area contributed by atoms with E-state index in [-0.39, 0.29) is 5.97 Å². The first-order chi connectivity index (χ1) is 13.7. The van der Waals surface area contributed by atoms with Gasteiger partial charge in [-0.2, -0.15) is 0 Å². The van der Waals surface area contributed by atoms with Gasteiger partial charge in [0.25, 0.3) is 0 Å². The highest BCUT2D eigenvalue weighted by Crippen LogP contribution is 2.44. The zero-order valence-corrected chi connectivity index (χ0v) is 16.7. The summed E-state index contributed by atoms with van der Waals surface area (Å²) in [7, 11) is 1.41. The van der Waals surface area contributed by atoms with Gasteiger partial charge in [-0.15, -0.1) is 0 Å². The van der Waals surface area contributed by atoms with Gasteiger partial charge in [0.15, 0.2) is 5.16 Å². The lowest BCUT2D eigenvalue weighted by Gasteiger charge is -2.13. The van der Waals surface area contributed by atoms with Crippen molar-refractivity contribution in [2.24, 2.45) is 0 Å². The number of rotatable bonds is 8. The first-order valence-corrected chi connectivity index (χ1v) is 10.5. The molecule has 1 N–H and O–H groups in total. The Hall–Kier alpha value is -2.60. The maximum absolute atomic E-state index is 11.2. The highest BCUT2D eigenvalue weighted by Gasteiger charge is 2.25. The number of thioether (sulfide) groups is 1. The van der Waals surface area contributed by atoms with Crippen LogP contribution >= 0.6 is 11.8 Å². The summed E-state index contributed by atoms with van der Waals surface area (Å²) in [4.78, 5) is 20.1. The van der Waals surface area contributed by atoms with E-state index in [2.05, 4.69) is 56.4 Å². The fourth-order valence-electron chi connectivity index (χ4n) is 3.28. The van der Waals surface area contributed by atoms with Gasteiger partial charge < -0.3 is 10.1 Å². The average Bonchev–Trinajstić information content (AvgIpc) is 3.57. The van der Waals surface area contributed by atoms with Crippen molar-refractivity contribution < 1.29 is 9.53 Å². The summed E-state index contributed by atoms with van der Waals surface area (Å²) in [5.41, 5.74) is 2.51. The maximum atomic E-state index is 11.2. The Balaban J connectivity index is 1.47. The van der Waals surface area contributed by atoms with Crippen LogP contribution in [0.15, 0.2) is 53.8 Å². The number of esters is 1. The largest absolute Gasteiger partial charge is 0.469 e. The summed E-state index contributed by atoms with van der Waals surface area (Å²) in [6, 6.07) is 14.8. The minimum Gasteiger partial charge on any atom is -0.469 e. The van der Waals surface area contributed by atoms with Crippen LogP contribution in [0.4, 0.5) is 11.5 Å². The smallest absolute Gasteiger partial charge is 0.305 e. The summed E-state index contributed by atoms with van der Waals surface area (Å²) in [5.74, 6) is 2.08. The van der Waals surface area contributed by atoms with Crippen LogP contribution in [0.25, 0.3) is 10.8 Å². The molecule has 1 fully saturated rings. The molecule has 0 radical (unpaired) electrons. The quantitative estimate of drug-likeness (QED) is 0.243. The summed E-state index contributed by atoms with van der Waals surface area (Å²) < 4.78 is 4.66. The second-order valence-corrected chi connectivity index (χ2v) is 7.96. The van der Waals surface area contributed by atoms with Crippen LogP contribution in [-0.4, -0.2) is 28.8 Å². The van der Waals surface area contributed by atoms with Crippen molar-refractivity contribution in [1.82, 2.24) is 9.97 Å². The monoisotopic (exact) mass is 393 g/mol. The van der Waals surface area contributed by atoms with Gasteiger partial charge in [0.05, 0.1) is 7.11 Å². The van der Waals surface area contributed by atoms with E-state index in [4.69, 9.17) is 0 Å². The summed E-state index contributed by atoms with van der Waals surface area (Å²) in [6.45, 7) is 0. The Labute approximate surface area is 168 Å². The van der Waals surface area contributed by atoms with E-state index < -0.39 is 0 Å². The number of ether oxygens (including phenoxy) is 1.